The molecule has 0 saturated carbocycles. The summed E-state index contributed by atoms with van der Waals surface area (Å²) < 4.78 is 0. The summed E-state index contributed by atoms with van der Waals surface area (Å²) in [6.45, 7) is 4.29. The normalized spacial score (nSPS) is 22.2. The number of pyridine rings is 1. The molecule has 2 aliphatic heterocycles. The van der Waals surface area contributed by atoms with Gasteiger partial charge < -0.3 is 15.4 Å². The van der Waals surface area contributed by atoms with Gasteiger partial charge in [-0.1, -0.05) is 6.07 Å². The van der Waals surface area contributed by atoms with Crippen molar-refractivity contribution in [3.63, 3.8) is 0 Å². The van der Waals surface area contributed by atoms with E-state index in [1.165, 1.54) is 12.0 Å². The zero-order chi connectivity index (χ0) is 18.4. The number of H-pyrrole nitrogens is 1. The van der Waals surface area contributed by atoms with Gasteiger partial charge in [-0.3, -0.25) is 9.88 Å². The fourth-order valence-electron chi connectivity index (χ4n) is 4.54. The Bertz CT molecular complexity index is 1030. The van der Waals surface area contributed by atoms with Crippen LogP contribution in [0, 0.1) is 17.2 Å². The predicted molar refractivity (Wildman–Crippen MR) is 103 cm³/mol. The molecule has 2 fully saturated rings. The first-order valence-corrected chi connectivity index (χ1v) is 9.38. The zero-order valence-electron chi connectivity index (χ0n) is 14.9. The van der Waals surface area contributed by atoms with E-state index < -0.39 is 0 Å². The Hall–Kier alpha value is -2.88. The van der Waals surface area contributed by atoms with Gasteiger partial charge in [-0.15, -0.1) is 0 Å². The number of hydrogen-bond donors (Lipinski definition) is 3. The molecule has 0 bridgehead atoms. The van der Waals surface area contributed by atoms with Gasteiger partial charge in [0.15, 0.2) is 5.88 Å². The number of benzene rings is 1. The number of aromatic nitrogens is 2. The van der Waals surface area contributed by atoms with E-state index in [0.29, 0.717) is 22.9 Å². The third kappa shape index (κ3) is 2.76. The molecular formula is C21H21N5O. The second-order valence-corrected chi connectivity index (χ2v) is 7.52. The fourth-order valence-corrected chi connectivity index (χ4v) is 4.54. The van der Waals surface area contributed by atoms with E-state index in [1.807, 2.05) is 18.3 Å². The van der Waals surface area contributed by atoms with Crippen molar-refractivity contribution < 1.29 is 5.11 Å². The van der Waals surface area contributed by atoms with Crippen molar-refractivity contribution in [2.24, 2.45) is 5.92 Å². The molecular weight excluding hydrogens is 338 g/mol. The number of rotatable bonds is 3. The van der Waals surface area contributed by atoms with Crippen molar-refractivity contribution >= 4 is 10.9 Å². The second kappa shape index (κ2) is 6.38. The number of nitrogens with one attached hydrogen (secondary N) is 2. The van der Waals surface area contributed by atoms with Crippen LogP contribution in [-0.4, -0.2) is 45.7 Å². The maximum atomic E-state index is 10.4. The Morgan fingerprint density at radius 3 is 3.00 bits per heavy atom. The minimum absolute atomic E-state index is 0.0831. The average Bonchev–Trinajstić information content (AvgIpc) is 3.37. The van der Waals surface area contributed by atoms with Crippen molar-refractivity contribution in [3.05, 3.63) is 47.7 Å². The van der Waals surface area contributed by atoms with Gasteiger partial charge in [-0.25, -0.2) is 0 Å². The Kier molecular flexibility index (Phi) is 3.85. The first-order chi connectivity index (χ1) is 13.2. The first kappa shape index (κ1) is 16.3. The van der Waals surface area contributed by atoms with Gasteiger partial charge >= 0.3 is 0 Å². The van der Waals surface area contributed by atoms with E-state index in [-0.39, 0.29) is 5.88 Å². The van der Waals surface area contributed by atoms with Gasteiger partial charge in [0.2, 0.25) is 0 Å². The maximum absolute atomic E-state index is 10.4. The molecule has 5 rings (SSSR count). The summed E-state index contributed by atoms with van der Waals surface area (Å²) in [6, 6.07) is 12.2. The van der Waals surface area contributed by atoms with Gasteiger partial charge in [0, 0.05) is 36.2 Å². The molecule has 0 spiro atoms. The number of hydrogen-bond acceptors (Lipinski definition) is 5. The van der Waals surface area contributed by atoms with E-state index >= 15 is 0 Å². The molecule has 6 nitrogen and oxygen atoms in total. The van der Waals surface area contributed by atoms with Crippen LogP contribution in [0.1, 0.15) is 17.5 Å². The van der Waals surface area contributed by atoms with Crippen LogP contribution in [0.25, 0.3) is 22.2 Å². The second-order valence-electron chi connectivity index (χ2n) is 7.52. The lowest BCUT2D eigenvalue weighted by Gasteiger charge is -2.22. The molecule has 3 aromatic rings. The van der Waals surface area contributed by atoms with E-state index in [2.05, 4.69) is 32.3 Å². The summed E-state index contributed by atoms with van der Waals surface area (Å²) in [5, 5.41) is 23.8. The summed E-state index contributed by atoms with van der Waals surface area (Å²) >= 11 is 0. The standard InChI is InChI=1S/C21H21N5O/c22-8-13-1-3-17-16(7-13)20(21(27)25-17)18-4-2-14(9-24-18)12-26-6-5-15-10-23-11-19(15)26/h1-4,7,9,15,19,23,25,27H,5-6,10-12H2/t15-,19+/m1/s1. The van der Waals surface area contributed by atoms with Crippen molar-refractivity contribution in [3.8, 4) is 23.2 Å². The molecule has 136 valence electrons. The molecule has 2 aliphatic rings. The minimum atomic E-state index is 0.0831. The smallest absolute Gasteiger partial charge is 0.199 e. The number of nitrogens with zero attached hydrogens (tertiary/aromatic N) is 3. The number of aromatic amines is 1. The Labute approximate surface area is 157 Å². The summed E-state index contributed by atoms with van der Waals surface area (Å²) in [6.07, 6.45) is 3.17. The lowest BCUT2D eigenvalue weighted by molar-refractivity contribution is 0.244. The highest BCUT2D eigenvalue weighted by Crippen LogP contribution is 2.36. The quantitative estimate of drug-likeness (QED) is 0.669. The Morgan fingerprint density at radius 2 is 2.19 bits per heavy atom. The molecule has 2 aromatic heterocycles. The van der Waals surface area contributed by atoms with Crippen LogP contribution < -0.4 is 5.32 Å². The van der Waals surface area contributed by atoms with Crippen molar-refractivity contribution in [2.45, 2.75) is 19.0 Å². The molecule has 3 N–H and O–H groups in total. The van der Waals surface area contributed by atoms with E-state index in [9.17, 15) is 5.11 Å². The van der Waals surface area contributed by atoms with E-state index in [0.717, 1.165) is 43.0 Å². The summed E-state index contributed by atoms with van der Waals surface area (Å²) in [7, 11) is 0. The minimum Gasteiger partial charge on any atom is -0.494 e. The van der Waals surface area contributed by atoms with Crippen LogP contribution in [0.5, 0.6) is 5.88 Å². The molecule has 6 heteroatoms. The van der Waals surface area contributed by atoms with Gasteiger partial charge in [-0.05, 0) is 55.3 Å². The van der Waals surface area contributed by atoms with Crippen LogP contribution in [-0.2, 0) is 6.54 Å². The van der Waals surface area contributed by atoms with Crippen molar-refractivity contribution in [1.82, 2.24) is 20.2 Å². The highest BCUT2D eigenvalue weighted by atomic mass is 16.3. The highest BCUT2D eigenvalue weighted by molar-refractivity contribution is 5.98. The summed E-state index contributed by atoms with van der Waals surface area (Å²) in [5.41, 5.74) is 3.90. The first-order valence-electron chi connectivity index (χ1n) is 9.38. The number of aromatic hydroxyl groups is 1. The topological polar surface area (TPSA) is 88.0 Å². The van der Waals surface area contributed by atoms with Gasteiger partial charge in [0.05, 0.1) is 22.9 Å². The maximum Gasteiger partial charge on any atom is 0.199 e. The SMILES string of the molecule is N#Cc1ccc2[nH]c(O)c(-c3ccc(CN4CC[C@@H]5CNC[C@@H]54)cn3)c2c1. The van der Waals surface area contributed by atoms with Gasteiger partial charge in [0.25, 0.3) is 0 Å². The molecule has 2 saturated heterocycles. The zero-order valence-corrected chi connectivity index (χ0v) is 14.9. The molecule has 4 heterocycles. The highest BCUT2D eigenvalue weighted by Gasteiger charge is 2.37. The molecule has 27 heavy (non-hydrogen) atoms. The molecule has 1 aromatic carbocycles. The average molecular weight is 359 g/mol. The number of fused-ring (bicyclic) bond motifs is 2. The summed E-state index contributed by atoms with van der Waals surface area (Å²) in [4.78, 5) is 10.1. The molecule has 0 unspecified atom stereocenters. The number of likely N-dealkylation sites (tertiary alicyclic amines) is 1. The largest absolute Gasteiger partial charge is 0.494 e. The van der Waals surface area contributed by atoms with Crippen LogP contribution in [0.2, 0.25) is 0 Å². The lowest BCUT2D eigenvalue weighted by atomic mass is 10.0. The lowest BCUT2D eigenvalue weighted by Crippen LogP contribution is -2.33. The van der Waals surface area contributed by atoms with Gasteiger partial charge in [-0.2, -0.15) is 5.26 Å². The van der Waals surface area contributed by atoms with E-state index in [1.54, 1.807) is 12.1 Å². The van der Waals surface area contributed by atoms with Crippen LogP contribution in [0.4, 0.5) is 0 Å². The van der Waals surface area contributed by atoms with Gasteiger partial charge in [0.1, 0.15) is 0 Å². The molecule has 0 aliphatic carbocycles. The molecule has 2 atom stereocenters. The molecule has 0 radical (unpaired) electrons. The fraction of sp³-hybridized carbons (Fsp3) is 0.333. The predicted octanol–water partition coefficient (Wildman–Crippen LogP) is 2.60. The van der Waals surface area contributed by atoms with Crippen molar-refractivity contribution in [2.75, 3.05) is 19.6 Å². The number of nitriles is 1. The Morgan fingerprint density at radius 1 is 1.26 bits per heavy atom. The monoisotopic (exact) mass is 359 g/mol. The van der Waals surface area contributed by atoms with Crippen LogP contribution >= 0.6 is 0 Å². The summed E-state index contributed by atoms with van der Waals surface area (Å²) in [5.74, 6) is 0.870. The van der Waals surface area contributed by atoms with Crippen LogP contribution in [0.3, 0.4) is 0 Å². The van der Waals surface area contributed by atoms with Crippen LogP contribution in [0.15, 0.2) is 36.5 Å². The van der Waals surface area contributed by atoms with Crippen molar-refractivity contribution in [1.29, 1.82) is 5.26 Å². The third-order valence-corrected chi connectivity index (χ3v) is 5.93. The third-order valence-electron chi connectivity index (χ3n) is 5.93. The Balaban J connectivity index is 1.43. The molecule has 0 amide bonds. The van der Waals surface area contributed by atoms with E-state index in [4.69, 9.17) is 5.26 Å².